The normalized spacial score (nSPS) is 10.3. The Kier molecular flexibility index (Phi) is 5.04. The molecule has 128 valence electrons. The predicted molar refractivity (Wildman–Crippen MR) is 96.5 cm³/mol. The fourth-order valence-electron chi connectivity index (χ4n) is 2.54. The Morgan fingerprint density at radius 1 is 0.960 bits per heavy atom. The molecule has 1 heterocycles. The number of hydrogen-bond donors (Lipinski definition) is 1. The molecule has 0 bridgehead atoms. The van der Waals surface area contributed by atoms with Gasteiger partial charge in [0.1, 0.15) is 11.5 Å². The molecule has 25 heavy (non-hydrogen) atoms. The smallest absolute Gasteiger partial charge is 0.251 e. The summed E-state index contributed by atoms with van der Waals surface area (Å²) in [4.78, 5) is 12.3. The van der Waals surface area contributed by atoms with Crippen LogP contribution >= 0.6 is 0 Å². The first-order valence-corrected chi connectivity index (χ1v) is 7.93. The maximum Gasteiger partial charge on any atom is 0.251 e. The summed E-state index contributed by atoms with van der Waals surface area (Å²) in [5.41, 5.74) is 2.54. The molecule has 0 aliphatic heterocycles. The number of carbonyl (C=O) groups excluding carboxylic acids is 1. The fraction of sp³-hybridized carbons (Fsp3) is 0.150. The summed E-state index contributed by atoms with van der Waals surface area (Å²) in [7, 11) is 3.20. The molecule has 0 atom stereocenters. The highest BCUT2D eigenvalue weighted by Gasteiger charge is 2.07. The largest absolute Gasteiger partial charge is 0.497 e. The molecule has 0 aliphatic rings. The SMILES string of the molecule is COc1cc(CNC(=O)c2ccc(-n3cccc3)cc2)cc(OC)c1. The van der Waals surface area contributed by atoms with E-state index in [1.54, 1.807) is 20.3 Å². The van der Waals surface area contributed by atoms with Crippen LogP contribution in [-0.4, -0.2) is 24.7 Å². The average molecular weight is 336 g/mol. The minimum absolute atomic E-state index is 0.124. The van der Waals surface area contributed by atoms with E-state index < -0.39 is 0 Å². The molecule has 0 saturated heterocycles. The number of nitrogens with zero attached hydrogens (tertiary/aromatic N) is 1. The summed E-state index contributed by atoms with van der Waals surface area (Å²) in [5, 5.41) is 2.92. The number of rotatable bonds is 6. The number of hydrogen-bond acceptors (Lipinski definition) is 3. The molecular formula is C20H20N2O3. The van der Waals surface area contributed by atoms with Gasteiger partial charge in [-0.05, 0) is 54.1 Å². The van der Waals surface area contributed by atoms with Crippen molar-refractivity contribution in [3.05, 3.63) is 78.1 Å². The maximum absolute atomic E-state index is 12.3. The number of benzene rings is 2. The molecule has 1 N–H and O–H groups in total. The number of nitrogens with one attached hydrogen (secondary N) is 1. The molecule has 0 aliphatic carbocycles. The van der Waals surface area contributed by atoms with Gasteiger partial charge >= 0.3 is 0 Å². The summed E-state index contributed by atoms with van der Waals surface area (Å²) >= 11 is 0. The highest BCUT2D eigenvalue weighted by molar-refractivity contribution is 5.94. The maximum atomic E-state index is 12.3. The van der Waals surface area contributed by atoms with Crippen molar-refractivity contribution in [1.82, 2.24) is 9.88 Å². The third kappa shape index (κ3) is 4.01. The number of amides is 1. The minimum Gasteiger partial charge on any atom is -0.497 e. The van der Waals surface area contributed by atoms with E-state index in [2.05, 4.69) is 5.32 Å². The lowest BCUT2D eigenvalue weighted by molar-refractivity contribution is 0.0951. The Morgan fingerprint density at radius 3 is 2.12 bits per heavy atom. The van der Waals surface area contributed by atoms with Crippen LogP contribution in [0.4, 0.5) is 0 Å². The standard InChI is InChI=1S/C20H20N2O3/c1-24-18-11-15(12-19(13-18)25-2)14-21-20(23)16-5-7-17(8-6-16)22-9-3-4-10-22/h3-13H,14H2,1-2H3,(H,21,23). The van der Waals surface area contributed by atoms with Gasteiger partial charge in [0, 0.05) is 36.3 Å². The van der Waals surface area contributed by atoms with Gasteiger partial charge in [0.2, 0.25) is 0 Å². The van der Waals surface area contributed by atoms with Gasteiger partial charge in [-0.15, -0.1) is 0 Å². The molecular weight excluding hydrogens is 316 g/mol. The third-order valence-corrected chi connectivity index (χ3v) is 3.90. The lowest BCUT2D eigenvalue weighted by Crippen LogP contribution is -2.22. The Balaban J connectivity index is 1.66. The molecule has 0 unspecified atom stereocenters. The number of carbonyl (C=O) groups is 1. The van der Waals surface area contributed by atoms with Crippen molar-refractivity contribution in [3.63, 3.8) is 0 Å². The Bertz CT molecular complexity index is 818. The van der Waals surface area contributed by atoms with E-state index in [-0.39, 0.29) is 5.91 Å². The molecule has 0 radical (unpaired) electrons. The van der Waals surface area contributed by atoms with E-state index in [9.17, 15) is 4.79 Å². The predicted octanol–water partition coefficient (Wildman–Crippen LogP) is 3.42. The molecule has 2 aromatic carbocycles. The number of aromatic nitrogens is 1. The molecule has 3 aromatic rings. The summed E-state index contributed by atoms with van der Waals surface area (Å²) in [6.07, 6.45) is 3.93. The fourth-order valence-corrected chi connectivity index (χ4v) is 2.54. The third-order valence-electron chi connectivity index (χ3n) is 3.90. The molecule has 5 nitrogen and oxygen atoms in total. The van der Waals surface area contributed by atoms with Crippen molar-refractivity contribution >= 4 is 5.91 Å². The van der Waals surface area contributed by atoms with Crippen molar-refractivity contribution in [2.45, 2.75) is 6.54 Å². The lowest BCUT2D eigenvalue weighted by atomic mass is 10.1. The van der Waals surface area contributed by atoms with Crippen molar-refractivity contribution in [2.75, 3.05) is 14.2 Å². The van der Waals surface area contributed by atoms with Gasteiger partial charge in [-0.1, -0.05) is 0 Å². The van der Waals surface area contributed by atoms with E-state index in [0.29, 0.717) is 23.6 Å². The first-order valence-electron chi connectivity index (χ1n) is 7.93. The van der Waals surface area contributed by atoms with Crippen LogP contribution in [0.15, 0.2) is 67.0 Å². The molecule has 3 rings (SSSR count). The zero-order chi connectivity index (χ0) is 17.6. The highest BCUT2D eigenvalue weighted by Crippen LogP contribution is 2.22. The second-order valence-corrected chi connectivity index (χ2v) is 5.54. The van der Waals surface area contributed by atoms with Crippen molar-refractivity contribution in [1.29, 1.82) is 0 Å². The Morgan fingerprint density at radius 2 is 1.56 bits per heavy atom. The van der Waals surface area contributed by atoms with Crippen LogP contribution in [0.25, 0.3) is 5.69 Å². The van der Waals surface area contributed by atoms with E-state index in [4.69, 9.17) is 9.47 Å². The van der Waals surface area contributed by atoms with Crippen molar-refractivity contribution < 1.29 is 14.3 Å². The van der Waals surface area contributed by atoms with Crippen LogP contribution in [0.2, 0.25) is 0 Å². The van der Waals surface area contributed by atoms with Gasteiger partial charge in [0.25, 0.3) is 5.91 Å². The van der Waals surface area contributed by atoms with Gasteiger partial charge in [0.05, 0.1) is 14.2 Å². The Hall–Kier alpha value is -3.21. The number of ether oxygens (including phenoxy) is 2. The molecule has 1 amide bonds. The van der Waals surface area contributed by atoms with E-state index in [1.807, 2.05) is 65.5 Å². The molecule has 5 heteroatoms. The second-order valence-electron chi connectivity index (χ2n) is 5.54. The Labute approximate surface area is 146 Å². The first kappa shape index (κ1) is 16.6. The van der Waals surface area contributed by atoms with Crippen molar-refractivity contribution in [2.24, 2.45) is 0 Å². The van der Waals surface area contributed by atoms with Gasteiger partial charge in [-0.3, -0.25) is 4.79 Å². The van der Waals surface area contributed by atoms with Crippen molar-refractivity contribution in [3.8, 4) is 17.2 Å². The molecule has 0 fully saturated rings. The summed E-state index contributed by atoms with van der Waals surface area (Å²) in [5.74, 6) is 1.26. The summed E-state index contributed by atoms with van der Waals surface area (Å²) < 4.78 is 12.5. The minimum atomic E-state index is -0.124. The van der Waals surface area contributed by atoms with Crippen LogP contribution in [0.1, 0.15) is 15.9 Å². The highest BCUT2D eigenvalue weighted by atomic mass is 16.5. The second kappa shape index (κ2) is 7.57. The van der Waals surface area contributed by atoms with Gasteiger partial charge < -0.3 is 19.4 Å². The van der Waals surface area contributed by atoms with Crippen LogP contribution in [0.3, 0.4) is 0 Å². The lowest BCUT2D eigenvalue weighted by Gasteiger charge is -2.10. The van der Waals surface area contributed by atoms with Crippen LogP contribution in [0, 0.1) is 0 Å². The topological polar surface area (TPSA) is 52.5 Å². The van der Waals surface area contributed by atoms with E-state index >= 15 is 0 Å². The van der Waals surface area contributed by atoms with Crippen LogP contribution in [0.5, 0.6) is 11.5 Å². The summed E-state index contributed by atoms with van der Waals surface area (Å²) in [6, 6.07) is 16.9. The summed E-state index contributed by atoms with van der Waals surface area (Å²) in [6.45, 7) is 0.395. The zero-order valence-electron chi connectivity index (χ0n) is 14.2. The molecule has 1 aromatic heterocycles. The van der Waals surface area contributed by atoms with Crippen LogP contribution in [-0.2, 0) is 6.54 Å². The molecule has 0 spiro atoms. The van der Waals surface area contributed by atoms with Gasteiger partial charge in [-0.2, -0.15) is 0 Å². The molecule has 0 saturated carbocycles. The quantitative estimate of drug-likeness (QED) is 0.750. The van der Waals surface area contributed by atoms with Crippen LogP contribution < -0.4 is 14.8 Å². The monoisotopic (exact) mass is 336 g/mol. The van der Waals surface area contributed by atoms with Gasteiger partial charge in [0.15, 0.2) is 0 Å². The number of methoxy groups -OCH3 is 2. The zero-order valence-corrected chi connectivity index (χ0v) is 14.2. The first-order chi connectivity index (χ1) is 12.2. The van der Waals surface area contributed by atoms with Gasteiger partial charge in [-0.25, -0.2) is 0 Å². The van der Waals surface area contributed by atoms with E-state index in [0.717, 1.165) is 11.3 Å². The van der Waals surface area contributed by atoms with E-state index in [1.165, 1.54) is 0 Å². The average Bonchev–Trinajstić information content (AvgIpc) is 3.20.